The van der Waals surface area contributed by atoms with Gasteiger partial charge in [0.2, 0.25) is 5.91 Å². The lowest BCUT2D eigenvalue weighted by atomic mass is 10.1. The highest BCUT2D eigenvalue weighted by Gasteiger charge is 2.17. The monoisotopic (exact) mass is 442 g/mol. The Morgan fingerprint density at radius 1 is 1.27 bits per heavy atom. The number of nitrogens with zero attached hydrogens (tertiary/aromatic N) is 3. The number of ether oxygens (including phenoxy) is 1. The van der Waals surface area contributed by atoms with Crippen LogP contribution in [0.3, 0.4) is 0 Å². The van der Waals surface area contributed by atoms with Crippen LogP contribution in [0.15, 0.2) is 66.3 Å². The van der Waals surface area contributed by atoms with Gasteiger partial charge in [0.05, 0.1) is 18.9 Å². The van der Waals surface area contributed by atoms with Crippen molar-refractivity contribution in [2.75, 3.05) is 12.9 Å². The van der Waals surface area contributed by atoms with Gasteiger partial charge < -0.3 is 10.1 Å². The van der Waals surface area contributed by atoms with E-state index in [1.807, 2.05) is 60.0 Å². The minimum atomic E-state index is -0.187. The van der Waals surface area contributed by atoms with Crippen LogP contribution in [0.2, 0.25) is 5.02 Å². The molecule has 3 rings (SSSR count). The first-order valence-corrected chi connectivity index (χ1v) is 10.7. The molecule has 0 saturated heterocycles. The molecule has 1 heterocycles. The van der Waals surface area contributed by atoms with Crippen molar-refractivity contribution in [3.8, 4) is 17.1 Å². The number of aromatic nitrogens is 3. The Kier molecular flexibility index (Phi) is 7.54. The lowest BCUT2D eigenvalue weighted by Crippen LogP contribution is -2.28. The molecule has 0 radical (unpaired) electrons. The van der Waals surface area contributed by atoms with Crippen LogP contribution < -0.4 is 10.1 Å². The molecule has 0 aliphatic rings. The van der Waals surface area contributed by atoms with Crippen molar-refractivity contribution in [1.29, 1.82) is 0 Å². The van der Waals surface area contributed by atoms with E-state index in [-0.39, 0.29) is 17.7 Å². The Labute approximate surface area is 185 Å². The molecule has 2 aromatic carbocycles. The summed E-state index contributed by atoms with van der Waals surface area (Å²) >= 11 is 7.55. The molecule has 1 atom stereocenters. The second kappa shape index (κ2) is 10.3. The Morgan fingerprint density at radius 2 is 2.00 bits per heavy atom. The van der Waals surface area contributed by atoms with Crippen molar-refractivity contribution in [2.24, 2.45) is 0 Å². The van der Waals surface area contributed by atoms with E-state index in [9.17, 15) is 4.79 Å². The zero-order valence-corrected chi connectivity index (χ0v) is 18.4. The number of thioether (sulfide) groups is 1. The number of amides is 1. The van der Waals surface area contributed by atoms with Crippen LogP contribution in [-0.4, -0.2) is 33.5 Å². The molecular formula is C22H23ClN4O2S. The third-order valence-electron chi connectivity index (χ3n) is 4.46. The van der Waals surface area contributed by atoms with Gasteiger partial charge >= 0.3 is 0 Å². The third kappa shape index (κ3) is 5.23. The molecule has 156 valence electrons. The summed E-state index contributed by atoms with van der Waals surface area (Å²) in [5, 5.41) is 12.8. The van der Waals surface area contributed by atoms with Crippen LogP contribution in [0.5, 0.6) is 5.75 Å². The van der Waals surface area contributed by atoms with Crippen molar-refractivity contribution in [1.82, 2.24) is 20.1 Å². The summed E-state index contributed by atoms with van der Waals surface area (Å²) in [6, 6.07) is 14.9. The second-order valence-corrected chi connectivity index (χ2v) is 7.88. The number of halogens is 1. The molecule has 1 N–H and O–H groups in total. The summed E-state index contributed by atoms with van der Waals surface area (Å²) in [4.78, 5) is 12.5. The van der Waals surface area contributed by atoms with Crippen LogP contribution in [0.4, 0.5) is 0 Å². The fraction of sp³-hybridized carbons (Fsp3) is 0.227. The first kappa shape index (κ1) is 21.9. The molecule has 6 nitrogen and oxygen atoms in total. The van der Waals surface area contributed by atoms with Crippen LogP contribution in [0.25, 0.3) is 11.4 Å². The summed E-state index contributed by atoms with van der Waals surface area (Å²) < 4.78 is 7.14. The van der Waals surface area contributed by atoms with Gasteiger partial charge in [0, 0.05) is 17.1 Å². The predicted molar refractivity (Wildman–Crippen MR) is 121 cm³/mol. The zero-order chi connectivity index (χ0) is 21.5. The summed E-state index contributed by atoms with van der Waals surface area (Å²) in [5.74, 6) is 1.59. The van der Waals surface area contributed by atoms with Gasteiger partial charge in [0.15, 0.2) is 11.0 Å². The molecular weight excluding hydrogens is 420 g/mol. The van der Waals surface area contributed by atoms with E-state index in [1.54, 1.807) is 13.2 Å². The summed E-state index contributed by atoms with van der Waals surface area (Å²) in [6.45, 7) is 6.26. The Balaban J connectivity index is 1.68. The number of carbonyl (C=O) groups is 1. The van der Waals surface area contributed by atoms with Gasteiger partial charge in [-0.05, 0) is 42.8 Å². The minimum Gasteiger partial charge on any atom is -0.497 e. The fourth-order valence-corrected chi connectivity index (χ4v) is 4.02. The number of hydrogen-bond acceptors (Lipinski definition) is 5. The molecule has 1 unspecified atom stereocenters. The predicted octanol–water partition coefficient (Wildman–Crippen LogP) is 4.76. The number of benzene rings is 2. The molecule has 0 spiro atoms. The van der Waals surface area contributed by atoms with E-state index in [0.29, 0.717) is 22.5 Å². The topological polar surface area (TPSA) is 69.0 Å². The van der Waals surface area contributed by atoms with E-state index in [4.69, 9.17) is 16.3 Å². The molecule has 3 aromatic rings. The van der Waals surface area contributed by atoms with Crippen LogP contribution >= 0.6 is 23.4 Å². The molecule has 0 saturated carbocycles. The van der Waals surface area contributed by atoms with Gasteiger partial charge in [-0.1, -0.05) is 47.6 Å². The van der Waals surface area contributed by atoms with E-state index in [2.05, 4.69) is 22.1 Å². The molecule has 1 amide bonds. The van der Waals surface area contributed by atoms with Gasteiger partial charge in [-0.15, -0.1) is 16.8 Å². The van der Waals surface area contributed by atoms with Crippen LogP contribution in [-0.2, 0) is 11.3 Å². The number of rotatable bonds is 9. The summed E-state index contributed by atoms with van der Waals surface area (Å²) in [7, 11) is 1.63. The molecule has 0 fully saturated rings. The Bertz CT molecular complexity index is 1020. The van der Waals surface area contributed by atoms with Crippen molar-refractivity contribution in [3.63, 3.8) is 0 Å². The normalized spacial score (nSPS) is 11.7. The zero-order valence-electron chi connectivity index (χ0n) is 16.8. The maximum Gasteiger partial charge on any atom is 0.230 e. The highest BCUT2D eigenvalue weighted by molar-refractivity contribution is 7.99. The van der Waals surface area contributed by atoms with Gasteiger partial charge in [-0.2, -0.15) is 0 Å². The van der Waals surface area contributed by atoms with Crippen LogP contribution in [0, 0.1) is 0 Å². The first-order chi connectivity index (χ1) is 14.5. The van der Waals surface area contributed by atoms with Gasteiger partial charge in [-0.3, -0.25) is 9.36 Å². The van der Waals surface area contributed by atoms with E-state index in [1.165, 1.54) is 11.8 Å². The molecule has 30 heavy (non-hydrogen) atoms. The fourth-order valence-electron chi connectivity index (χ4n) is 2.96. The highest BCUT2D eigenvalue weighted by atomic mass is 35.5. The van der Waals surface area contributed by atoms with E-state index < -0.39 is 0 Å². The van der Waals surface area contributed by atoms with E-state index in [0.717, 1.165) is 16.9 Å². The van der Waals surface area contributed by atoms with Crippen molar-refractivity contribution >= 4 is 29.3 Å². The summed E-state index contributed by atoms with van der Waals surface area (Å²) in [5.41, 5.74) is 1.79. The van der Waals surface area contributed by atoms with Gasteiger partial charge in [0.25, 0.3) is 0 Å². The van der Waals surface area contributed by atoms with Gasteiger partial charge in [-0.25, -0.2) is 0 Å². The lowest BCUT2D eigenvalue weighted by molar-refractivity contribution is -0.119. The number of nitrogens with one attached hydrogen (secondary N) is 1. The van der Waals surface area contributed by atoms with Crippen LogP contribution in [0.1, 0.15) is 18.5 Å². The molecule has 0 aliphatic carbocycles. The second-order valence-electron chi connectivity index (χ2n) is 6.53. The lowest BCUT2D eigenvalue weighted by Gasteiger charge is -2.15. The first-order valence-electron chi connectivity index (χ1n) is 9.38. The minimum absolute atomic E-state index is 0.105. The number of methoxy groups -OCH3 is 1. The maximum atomic E-state index is 12.5. The molecule has 1 aromatic heterocycles. The quantitative estimate of drug-likeness (QED) is 0.382. The van der Waals surface area contributed by atoms with Gasteiger partial charge in [0.1, 0.15) is 5.75 Å². The largest absolute Gasteiger partial charge is 0.497 e. The van der Waals surface area contributed by atoms with E-state index >= 15 is 0 Å². The smallest absolute Gasteiger partial charge is 0.230 e. The average Bonchev–Trinajstić information content (AvgIpc) is 3.15. The number of hydrogen-bond donors (Lipinski definition) is 1. The maximum absolute atomic E-state index is 12.5. The molecule has 0 bridgehead atoms. The molecule has 0 aliphatic heterocycles. The SMILES string of the molecule is C=CCn1c(SCC(=O)NC(C)c2ccccc2Cl)nnc1-c1ccc(OC)cc1. The number of allylic oxidation sites excluding steroid dienone is 1. The summed E-state index contributed by atoms with van der Waals surface area (Å²) in [6.07, 6.45) is 1.78. The Morgan fingerprint density at radius 3 is 2.67 bits per heavy atom. The highest BCUT2D eigenvalue weighted by Crippen LogP contribution is 2.26. The third-order valence-corrected chi connectivity index (χ3v) is 5.77. The number of carbonyl (C=O) groups excluding carboxylic acids is 1. The van der Waals surface area contributed by atoms with Crippen molar-refractivity contribution in [2.45, 2.75) is 24.7 Å². The molecule has 8 heteroatoms. The average molecular weight is 443 g/mol. The Hall–Kier alpha value is -2.77. The van der Waals surface area contributed by atoms with Crippen molar-refractivity contribution in [3.05, 3.63) is 71.8 Å². The standard InChI is InChI=1S/C22H23ClN4O2S/c1-4-13-27-21(16-9-11-17(29-3)12-10-16)25-26-22(27)30-14-20(28)24-15(2)18-7-5-6-8-19(18)23/h4-12,15H,1,13-14H2,2-3H3,(H,24,28). The van der Waals surface area contributed by atoms with Crippen molar-refractivity contribution < 1.29 is 9.53 Å².